The maximum Gasteiger partial charge on any atom is 0.306 e. The van der Waals surface area contributed by atoms with Crippen molar-refractivity contribution in [3.8, 4) is 0 Å². The highest BCUT2D eigenvalue weighted by Gasteiger charge is 2.82. The maximum absolute atomic E-state index is 12.2. The summed E-state index contributed by atoms with van der Waals surface area (Å²) in [5.41, 5.74) is -0.751. The van der Waals surface area contributed by atoms with Gasteiger partial charge < -0.3 is 14.9 Å². The molecular weight excluding hydrogens is 352 g/mol. The molecule has 4 nitrogen and oxygen atoms in total. The second-order valence-electron chi connectivity index (χ2n) is 12.3. The molecule has 0 bridgehead atoms. The molecule has 12 atom stereocenters. The van der Waals surface area contributed by atoms with Crippen molar-refractivity contribution >= 4 is 5.97 Å². The molecular formula is C24H34O4. The predicted octanol–water partition coefficient (Wildman–Crippen LogP) is 3.29. The second kappa shape index (κ2) is 4.66. The van der Waals surface area contributed by atoms with Crippen LogP contribution in [-0.4, -0.2) is 33.5 Å². The van der Waals surface area contributed by atoms with Crippen LogP contribution < -0.4 is 0 Å². The van der Waals surface area contributed by atoms with Gasteiger partial charge in [0.15, 0.2) is 0 Å². The van der Waals surface area contributed by atoms with Gasteiger partial charge in [-0.05, 0) is 85.9 Å². The predicted molar refractivity (Wildman–Crippen MR) is 102 cm³/mol. The molecule has 0 radical (unpaired) electrons. The third-order valence-corrected chi connectivity index (χ3v) is 11.8. The van der Waals surface area contributed by atoms with Gasteiger partial charge in [-0.15, -0.1) is 0 Å². The van der Waals surface area contributed by atoms with E-state index in [1.807, 2.05) is 0 Å². The van der Waals surface area contributed by atoms with Gasteiger partial charge in [0.2, 0.25) is 0 Å². The molecule has 4 heteroatoms. The Labute approximate surface area is 167 Å². The minimum atomic E-state index is -0.663. The number of carbonyl (C=O) groups excluding carboxylic acids is 1. The summed E-state index contributed by atoms with van der Waals surface area (Å²) in [7, 11) is 0. The van der Waals surface area contributed by atoms with Gasteiger partial charge in [0, 0.05) is 24.2 Å². The molecule has 7 aliphatic rings. The van der Waals surface area contributed by atoms with Gasteiger partial charge in [-0.3, -0.25) is 4.79 Å². The number of hydrogen-bond acceptors (Lipinski definition) is 4. The fraction of sp³-hybridized carbons (Fsp3) is 0.958. The average Bonchev–Trinajstić information content (AvgIpc) is 3.54. The molecule has 6 saturated carbocycles. The van der Waals surface area contributed by atoms with E-state index in [0.717, 1.165) is 44.4 Å². The van der Waals surface area contributed by atoms with E-state index in [0.29, 0.717) is 48.3 Å². The molecule has 1 saturated heterocycles. The monoisotopic (exact) mass is 386 g/mol. The zero-order valence-electron chi connectivity index (χ0n) is 17.2. The third kappa shape index (κ3) is 1.59. The molecule has 28 heavy (non-hydrogen) atoms. The van der Waals surface area contributed by atoms with E-state index < -0.39 is 5.60 Å². The van der Waals surface area contributed by atoms with E-state index in [-0.39, 0.29) is 28.5 Å². The van der Waals surface area contributed by atoms with E-state index >= 15 is 0 Å². The minimum Gasteiger partial charge on any atom is -0.458 e. The van der Waals surface area contributed by atoms with Crippen LogP contribution in [0, 0.1) is 52.3 Å². The van der Waals surface area contributed by atoms with E-state index in [2.05, 4.69) is 13.8 Å². The van der Waals surface area contributed by atoms with Crippen LogP contribution in [0.25, 0.3) is 0 Å². The van der Waals surface area contributed by atoms with Crippen LogP contribution >= 0.6 is 0 Å². The summed E-state index contributed by atoms with van der Waals surface area (Å²) >= 11 is 0. The minimum absolute atomic E-state index is 0.0326. The first-order valence-electron chi connectivity index (χ1n) is 11.9. The van der Waals surface area contributed by atoms with Crippen LogP contribution in [0.3, 0.4) is 0 Å². The van der Waals surface area contributed by atoms with E-state index in [1.54, 1.807) is 0 Å². The standard InChI is InChI=1S/C24H34O4/c1-21-6-3-12(25)11-23(21,27)16-9-13(16)19-15(21)4-7-22(2)20(19)14-10-17(14)24(22)8-5-18(26)28-24/h12-17,19-20,25,27H,3-11H2,1-2H3/t12-,13?,14?,15?,16?,17?,19?,20?,21+,22-,23+,24-/m0/s1. The van der Waals surface area contributed by atoms with Crippen LogP contribution in [0.15, 0.2) is 0 Å². The third-order valence-electron chi connectivity index (χ3n) is 11.8. The number of rotatable bonds is 0. The fourth-order valence-corrected chi connectivity index (χ4v) is 10.5. The zero-order chi connectivity index (χ0) is 19.3. The van der Waals surface area contributed by atoms with Gasteiger partial charge in [0.1, 0.15) is 5.60 Å². The van der Waals surface area contributed by atoms with E-state index in [9.17, 15) is 15.0 Å². The Morgan fingerprint density at radius 2 is 1.71 bits per heavy atom. The summed E-state index contributed by atoms with van der Waals surface area (Å²) in [6.45, 7) is 4.82. The smallest absolute Gasteiger partial charge is 0.306 e. The first kappa shape index (κ1) is 17.1. The zero-order valence-corrected chi connectivity index (χ0v) is 17.2. The normalized spacial score (nSPS) is 68.4. The quantitative estimate of drug-likeness (QED) is 0.627. The Morgan fingerprint density at radius 1 is 0.964 bits per heavy atom. The highest BCUT2D eigenvalue weighted by atomic mass is 16.6. The molecule has 7 fully saturated rings. The number of aliphatic hydroxyl groups is 2. The lowest BCUT2D eigenvalue weighted by atomic mass is 9.42. The summed E-state index contributed by atoms with van der Waals surface area (Å²) in [5, 5.41) is 22.2. The Morgan fingerprint density at radius 3 is 2.46 bits per heavy atom. The van der Waals surface area contributed by atoms with Crippen molar-refractivity contribution in [1.82, 2.24) is 0 Å². The Balaban J connectivity index is 1.32. The van der Waals surface area contributed by atoms with Gasteiger partial charge in [0.05, 0.1) is 11.7 Å². The van der Waals surface area contributed by atoms with E-state index in [4.69, 9.17) is 4.74 Å². The van der Waals surface area contributed by atoms with Gasteiger partial charge in [0.25, 0.3) is 0 Å². The highest BCUT2D eigenvalue weighted by molar-refractivity contribution is 5.73. The Bertz CT molecular complexity index is 781. The number of esters is 1. The first-order valence-corrected chi connectivity index (χ1v) is 11.9. The van der Waals surface area contributed by atoms with Gasteiger partial charge in [-0.1, -0.05) is 13.8 Å². The number of fused-ring (bicyclic) bond motifs is 12. The number of hydrogen-bond donors (Lipinski definition) is 2. The SMILES string of the molecule is C[C@]12CCC3C(C4CC4[C@]4(O)C[C@@H](O)CC[C@]34C)C1C1CC1[C@@]21CCC(=O)O1. The molecule has 0 aromatic rings. The molecule has 0 aromatic heterocycles. The molecule has 0 amide bonds. The van der Waals surface area contributed by atoms with Crippen LogP contribution in [0.5, 0.6) is 0 Å². The summed E-state index contributed by atoms with van der Waals surface area (Å²) in [6, 6.07) is 0. The highest BCUT2D eigenvalue weighted by Crippen LogP contribution is 2.83. The fourth-order valence-electron chi connectivity index (χ4n) is 10.5. The van der Waals surface area contributed by atoms with Crippen molar-refractivity contribution in [1.29, 1.82) is 0 Å². The van der Waals surface area contributed by atoms with E-state index in [1.165, 1.54) is 6.42 Å². The molecule has 1 aliphatic heterocycles. The van der Waals surface area contributed by atoms with Crippen molar-refractivity contribution < 1.29 is 19.7 Å². The molecule has 1 heterocycles. The van der Waals surface area contributed by atoms with Crippen molar-refractivity contribution in [2.75, 3.05) is 0 Å². The largest absolute Gasteiger partial charge is 0.458 e. The van der Waals surface area contributed by atoms with Crippen molar-refractivity contribution in [3.63, 3.8) is 0 Å². The van der Waals surface area contributed by atoms with Crippen molar-refractivity contribution in [3.05, 3.63) is 0 Å². The first-order chi connectivity index (χ1) is 13.3. The lowest BCUT2D eigenvalue weighted by Gasteiger charge is -2.64. The van der Waals surface area contributed by atoms with Crippen molar-refractivity contribution in [2.24, 2.45) is 52.3 Å². The van der Waals surface area contributed by atoms with Crippen LogP contribution in [-0.2, 0) is 9.53 Å². The van der Waals surface area contributed by atoms with Crippen LogP contribution in [0.1, 0.15) is 71.6 Å². The van der Waals surface area contributed by atoms with Gasteiger partial charge in [-0.25, -0.2) is 0 Å². The number of aliphatic hydroxyl groups excluding tert-OH is 1. The Hall–Kier alpha value is -0.610. The van der Waals surface area contributed by atoms with Crippen LogP contribution in [0.2, 0.25) is 0 Å². The van der Waals surface area contributed by atoms with Crippen molar-refractivity contribution in [2.45, 2.75) is 88.9 Å². The molecule has 6 aliphatic carbocycles. The maximum atomic E-state index is 12.2. The lowest BCUT2D eigenvalue weighted by molar-refractivity contribution is -0.237. The number of ether oxygens (including phenoxy) is 1. The molecule has 7 unspecified atom stereocenters. The van der Waals surface area contributed by atoms with Gasteiger partial charge in [-0.2, -0.15) is 0 Å². The summed E-state index contributed by atoms with van der Waals surface area (Å²) < 4.78 is 6.21. The number of carbonyl (C=O) groups is 1. The topological polar surface area (TPSA) is 66.8 Å². The molecule has 2 N–H and O–H groups in total. The second-order valence-corrected chi connectivity index (χ2v) is 12.3. The van der Waals surface area contributed by atoms with Gasteiger partial charge >= 0.3 is 5.97 Å². The molecule has 0 aromatic carbocycles. The summed E-state index contributed by atoms with van der Waals surface area (Å²) in [4.78, 5) is 12.2. The Kier molecular flexibility index (Phi) is 2.85. The summed E-state index contributed by atoms with van der Waals surface area (Å²) in [6.07, 6.45) is 8.33. The molecule has 1 spiro atoms. The average molecular weight is 387 g/mol. The summed E-state index contributed by atoms with van der Waals surface area (Å²) in [5.74, 6) is 4.33. The molecule has 7 rings (SSSR count). The van der Waals surface area contributed by atoms with Crippen LogP contribution in [0.4, 0.5) is 0 Å². The lowest BCUT2D eigenvalue weighted by Crippen LogP contribution is -2.65. The molecule has 154 valence electrons.